The van der Waals surface area contributed by atoms with E-state index in [1.807, 2.05) is 12.1 Å². The molecule has 0 bridgehead atoms. The Morgan fingerprint density at radius 3 is 2.27 bits per heavy atom. The van der Waals surface area contributed by atoms with Gasteiger partial charge in [-0.2, -0.15) is 0 Å². The Bertz CT molecular complexity index is 449. The van der Waals surface area contributed by atoms with Crippen LogP contribution in [0.2, 0.25) is 0 Å². The molecule has 0 unspecified atom stereocenters. The van der Waals surface area contributed by atoms with Gasteiger partial charge in [-0.05, 0) is 49.3 Å². The number of hydrogen-bond acceptors (Lipinski definition) is 3. The topological polar surface area (TPSA) is 32.7 Å². The van der Waals surface area contributed by atoms with Crippen LogP contribution < -0.4 is 4.74 Å². The van der Waals surface area contributed by atoms with Crippen molar-refractivity contribution >= 4 is 12.4 Å². The van der Waals surface area contributed by atoms with Gasteiger partial charge in [-0.1, -0.05) is 25.0 Å². The van der Waals surface area contributed by atoms with E-state index >= 15 is 0 Å². The van der Waals surface area contributed by atoms with Gasteiger partial charge in [0.05, 0.1) is 12.7 Å². The van der Waals surface area contributed by atoms with E-state index in [0.717, 1.165) is 38.2 Å². The lowest BCUT2D eigenvalue weighted by Crippen LogP contribution is -2.47. The van der Waals surface area contributed by atoms with E-state index < -0.39 is 0 Å². The van der Waals surface area contributed by atoms with E-state index in [1.54, 1.807) is 7.11 Å². The van der Waals surface area contributed by atoms with Crippen molar-refractivity contribution in [1.82, 2.24) is 4.90 Å². The Labute approximate surface area is 140 Å². The van der Waals surface area contributed by atoms with Crippen molar-refractivity contribution in [2.45, 2.75) is 50.7 Å². The summed E-state index contributed by atoms with van der Waals surface area (Å²) in [6.45, 7) is 3.00. The second kappa shape index (κ2) is 7.67. The standard InChI is InChI=1S/C18H27NO2.ClH/c1-21-17-8-6-15(7-9-17)14-19-12-10-18(20,11-13-19)16-4-2-3-5-16;/h6-9,16,20H,2-5,10-14H2,1H3;1H. The minimum absolute atomic E-state index is 0. The van der Waals surface area contributed by atoms with Crippen molar-refractivity contribution in [3.63, 3.8) is 0 Å². The van der Waals surface area contributed by atoms with Crippen molar-refractivity contribution in [2.24, 2.45) is 5.92 Å². The molecule has 4 heteroatoms. The third-order valence-electron chi connectivity index (χ3n) is 5.40. The van der Waals surface area contributed by atoms with Crippen LogP contribution in [0.25, 0.3) is 0 Å². The molecule has 1 saturated carbocycles. The molecule has 3 nitrogen and oxygen atoms in total. The molecule has 1 aliphatic heterocycles. The molecule has 3 rings (SSSR count). The molecule has 124 valence electrons. The Hall–Kier alpha value is -0.770. The van der Waals surface area contributed by atoms with Crippen molar-refractivity contribution in [3.8, 4) is 5.75 Å². The van der Waals surface area contributed by atoms with E-state index in [-0.39, 0.29) is 18.0 Å². The van der Waals surface area contributed by atoms with Crippen LogP contribution in [0.3, 0.4) is 0 Å². The maximum atomic E-state index is 10.9. The Balaban J connectivity index is 0.00000176. The number of rotatable bonds is 4. The number of likely N-dealkylation sites (tertiary alicyclic amines) is 1. The second-order valence-corrected chi connectivity index (χ2v) is 6.71. The first kappa shape index (κ1) is 17.6. The monoisotopic (exact) mass is 325 g/mol. The smallest absolute Gasteiger partial charge is 0.118 e. The predicted octanol–water partition coefficient (Wildman–Crippen LogP) is 3.63. The fourth-order valence-electron chi connectivity index (χ4n) is 3.96. The molecule has 0 radical (unpaired) electrons. The summed E-state index contributed by atoms with van der Waals surface area (Å²) in [4.78, 5) is 2.46. The zero-order valence-electron chi connectivity index (χ0n) is 13.5. The molecule has 0 amide bonds. The first-order valence-electron chi connectivity index (χ1n) is 8.27. The lowest BCUT2D eigenvalue weighted by atomic mass is 9.78. The van der Waals surface area contributed by atoms with Gasteiger partial charge in [0.2, 0.25) is 0 Å². The second-order valence-electron chi connectivity index (χ2n) is 6.71. The highest BCUT2D eigenvalue weighted by atomic mass is 35.5. The van der Waals surface area contributed by atoms with Crippen molar-refractivity contribution in [2.75, 3.05) is 20.2 Å². The molecule has 1 aromatic carbocycles. The highest BCUT2D eigenvalue weighted by Crippen LogP contribution is 2.40. The van der Waals surface area contributed by atoms with Gasteiger partial charge in [0, 0.05) is 19.6 Å². The average molecular weight is 326 g/mol. The third-order valence-corrected chi connectivity index (χ3v) is 5.40. The van der Waals surface area contributed by atoms with Crippen molar-refractivity contribution < 1.29 is 9.84 Å². The summed E-state index contributed by atoms with van der Waals surface area (Å²) in [7, 11) is 1.70. The van der Waals surface area contributed by atoms with Crippen LogP contribution in [0.15, 0.2) is 24.3 Å². The van der Waals surface area contributed by atoms with Gasteiger partial charge >= 0.3 is 0 Å². The highest BCUT2D eigenvalue weighted by Gasteiger charge is 2.40. The Morgan fingerprint density at radius 2 is 1.73 bits per heavy atom. The van der Waals surface area contributed by atoms with Crippen molar-refractivity contribution in [3.05, 3.63) is 29.8 Å². The largest absolute Gasteiger partial charge is 0.497 e. The third kappa shape index (κ3) is 3.95. The molecule has 22 heavy (non-hydrogen) atoms. The van der Waals surface area contributed by atoms with Gasteiger partial charge in [-0.3, -0.25) is 4.90 Å². The fourth-order valence-corrected chi connectivity index (χ4v) is 3.96. The van der Waals surface area contributed by atoms with Crippen LogP contribution in [0.4, 0.5) is 0 Å². The van der Waals surface area contributed by atoms with Crippen LogP contribution >= 0.6 is 12.4 Å². The minimum atomic E-state index is -0.382. The van der Waals surface area contributed by atoms with Gasteiger partial charge in [-0.15, -0.1) is 12.4 Å². The molecule has 0 aromatic heterocycles. The number of benzene rings is 1. The van der Waals surface area contributed by atoms with Crippen LogP contribution in [-0.4, -0.2) is 35.8 Å². The molecule has 1 saturated heterocycles. The molecular weight excluding hydrogens is 298 g/mol. The molecule has 2 fully saturated rings. The minimum Gasteiger partial charge on any atom is -0.497 e. The normalized spacial score (nSPS) is 22.3. The van der Waals surface area contributed by atoms with E-state index in [2.05, 4.69) is 17.0 Å². The zero-order valence-corrected chi connectivity index (χ0v) is 14.3. The van der Waals surface area contributed by atoms with E-state index in [9.17, 15) is 5.11 Å². The SMILES string of the molecule is COc1ccc(CN2CCC(O)(C3CCCC3)CC2)cc1.Cl. The summed E-state index contributed by atoms with van der Waals surface area (Å²) in [6, 6.07) is 8.31. The highest BCUT2D eigenvalue weighted by molar-refractivity contribution is 5.85. The number of aliphatic hydroxyl groups is 1. The molecule has 1 aliphatic carbocycles. The summed E-state index contributed by atoms with van der Waals surface area (Å²) in [5.41, 5.74) is 0.939. The van der Waals surface area contributed by atoms with Gasteiger partial charge in [-0.25, -0.2) is 0 Å². The number of halogens is 1. The number of methoxy groups -OCH3 is 1. The van der Waals surface area contributed by atoms with Crippen LogP contribution in [-0.2, 0) is 6.54 Å². The summed E-state index contributed by atoms with van der Waals surface area (Å²) in [5, 5.41) is 10.9. The molecule has 0 spiro atoms. The predicted molar refractivity (Wildman–Crippen MR) is 91.7 cm³/mol. The fraction of sp³-hybridized carbons (Fsp3) is 0.667. The van der Waals surface area contributed by atoms with Gasteiger partial charge in [0.15, 0.2) is 0 Å². The molecule has 0 atom stereocenters. The Morgan fingerprint density at radius 1 is 1.14 bits per heavy atom. The molecule has 1 N–H and O–H groups in total. The van der Waals surface area contributed by atoms with Gasteiger partial charge in [0.25, 0.3) is 0 Å². The lowest BCUT2D eigenvalue weighted by Gasteiger charge is -2.42. The first-order chi connectivity index (χ1) is 10.2. The van der Waals surface area contributed by atoms with E-state index in [1.165, 1.54) is 31.2 Å². The van der Waals surface area contributed by atoms with Crippen LogP contribution in [0.1, 0.15) is 44.1 Å². The summed E-state index contributed by atoms with van der Waals surface area (Å²) >= 11 is 0. The zero-order chi connectivity index (χ0) is 14.7. The Kier molecular flexibility index (Phi) is 6.13. The maximum absolute atomic E-state index is 10.9. The number of piperidine rings is 1. The van der Waals surface area contributed by atoms with E-state index in [0.29, 0.717) is 5.92 Å². The molecule has 1 aromatic rings. The number of ether oxygens (including phenoxy) is 1. The lowest BCUT2D eigenvalue weighted by molar-refractivity contribution is -0.0665. The van der Waals surface area contributed by atoms with Crippen LogP contribution in [0.5, 0.6) is 5.75 Å². The van der Waals surface area contributed by atoms with E-state index in [4.69, 9.17) is 4.74 Å². The van der Waals surface area contributed by atoms with Crippen LogP contribution in [0, 0.1) is 5.92 Å². The molecule has 1 heterocycles. The molecule has 2 aliphatic rings. The quantitative estimate of drug-likeness (QED) is 0.917. The van der Waals surface area contributed by atoms with Crippen molar-refractivity contribution in [1.29, 1.82) is 0 Å². The summed E-state index contributed by atoms with van der Waals surface area (Å²) < 4.78 is 5.20. The average Bonchev–Trinajstić information content (AvgIpc) is 3.06. The number of nitrogens with zero attached hydrogens (tertiary/aromatic N) is 1. The molecular formula is C18H28ClNO2. The van der Waals surface area contributed by atoms with Gasteiger partial charge in [0.1, 0.15) is 5.75 Å². The first-order valence-corrected chi connectivity index (χ1v) is 8.27. The summed E-state index contributed by atoms with van der Waals surface area (Å²) in [5.74, 6) is 1.47. The summed E-state index contributed by atoms with van der Waals surface area (Å²) in [6.07, 6.45) is 6.96. The number of hydrogen-bond donors (Lipinski definition) is 1. The maximum Gasteiger partial charge on any atom is 0.118 e. The van der Waals surface area contributed by atoms with Gasteiger partial charge < -0.3 is 9.84 Å².